The van der Waals surface area contributed by atoms with Gasteiger partial charge in [-0.2, -0.15) is 0 Å². The Morgan fingerprint density at radius 2 is 2.38 bits per heavy atom. The third kappa shape index (κ3) is 1.66. The summed E-state index contributed by atoms with van der Waals surface area (Å²) in [6, 6.07) is 0. The van der Waals surface area contributed by atoms with Crippen LogP contribution in [0.1, 0.15) is 32.9 Å². The molecule has 1 saturated carbocycles. The van der Waals surface area contributed by atoms with Crippen LogP contribution < -0.4 is 5.73 Å². The quantitative estimate of drug-likeness (QED) is 0.833. The second-order valence-corrected chi connectivity index (χ2v) is 5.31. The topological polar surface area (TPSA) is 78.4 Å². The van der Waals surface area contributed by atoms with Crippen molar-refractivity contribution in [3.05, 3.63) is 18.4 Å². The van der Waals surface area contributed by atoms with Crippen LogP contribution in [0.25, 0.3) is 0 Å². The summed E-state index contributed by atoms with van der Waals surface area (Å²) in [6.07, 6.45) is 2.81. The van der Waals surface area contributed by atoms with Gasteiger partial charge in [-0.25, -0.2) is 9.78 Å². The molecule has 2 unspecified atom stereocenters. The molecule has 0 bridgehead atoms. The maximum Gasteiger partial charge on any atom is 0.405 e. The highest BCUT2D eigenvalue weighted by molar-refractivity contribution is 5.66. The molecule has 0 radical (unpaired) electrons. The van der Waals surface area contributed by atoms with Crippen LogP contribution in [0.5, 0.6) is 0 Å². The van der Waals surface area contributed by atoms with Crippen LogP contribution in [0, 0.1) is 11.3 Å². The van der Waals surface area contributed by atoms with Crippen LogP contribution in [0.2, 0.25) is 0 Å². The second kappa shape index (κ2) is 3.23. The summed E-state index contributed by atoms with van der Waals surface area (Å²) in [6.45, 7) is 6.30. The molecule has 88 valence electrons. The Bertz CT molecular complexity index is 394. The van der Waals surface area contributed by atoms with Gasteiger partial charge in [0.15, 0.2) is 12.0 Å². The number of nitrogens with two attached hydrogens (primary N) is 1. The van der Waals surface area contributed by atoms with Gasteiger partial charge in [-0.1, -0.05) is 20.8 Å². The van der Waals surface area contributed by atoms with Gasteiger partial charge in [-0.3, -0.25) is 0 Å². The molecule has 2 atom stereocenters. The molecule has 1 aromatic heterocycles. The molecule has 2 N–H and O–H groups in total. The van der Waals surface area contributed by atoms with E-state index in [0.717, 1.165) is 6.42 Å². The minimum atomic E-state index is -0.769. The average Bonchev–Trinajstić information content (AvgIpc) is 2.63. The third-order valence-electron chi connectivity index (χ3n) is 3.10. The molecule has 0 aromatic carbocycles. The van der Waals surface area contributed by atoms with Crippen molar-refractivity contribution in [1.29, 1.82) is 0 Å². The number of carbonyl (C=O) groups excluding carboxylic acids is 1. The van der Waals surface area contributed by atoms with Crippen molar-refractivity contribution in [3.63, 3.8) is 0 Å². The number of hydrogen-bond acceptors (Lipinski definition) is 4. The fraction of sp³-hybridized carbons (Fsp3) is 0.636. The first kappa shape index (κ1) is 11.0. The lowest BCUT2D eigenvalue weighted by Crippen LogP contribution is -2.28. The first-order valence-corrected chi connectivity index (χ1v) is 5.23. The van der Waals surface area contributed by atoms with Crippen LogP contribution in [-0.4, -0.2) is 11.1 Å². The molecule has 1 amide bonds. The maximum absolute atomic E-state index is 11.0. The SMILES string of the molecule is CC(C)(C)C1CC1(OC(N)=O)c1cocn1. The van der Waals surface area contributed by atoms with Crippen molar-refractivity contribution in [2.24, 2.45) is 17.1 Å². The minimum absolute atomic E-state index is 0.0361. The smallest absolute Gasteiger partial charge is 0.405 e. The molecule has 1 fully saturated rings. The average molecular weight is 224 g/mol. The van der Waals surface area contributed by atoms with E-state index in [2.05, 4.69) is 25.8 Å². The van der Waals surface area contributed by atoms with Crippen molar-refractivity contribution in [1.82, 2.24) is 4.98 Å². The van der Waals surface area contributed by atoms with Gasteiger partial charge in [0, 0.05) is 12.3 Å². The molecule has 5 heteroatoms. The zero-order valence-corrected chi connectivity index (χ0v) is 9.69. The molecule has 1 aromatic rings. The zero-order valence-electron chi connectivity index (χ0n) is 9.69. The Hall–Kier alpha value is -1.52. The zero-order chi connectivity index (χ0) is 12.0. The summed E-state index contributed by atoms with van der Waals surface area (Å²) in [5, 5.41) is 0. The highest BCUT2D eigenvalue weighted by atomic mass is 16.6. The molecule has 1 heterocycles. The summed E-state index contributed by atoms with van der Waals surface area (Å²) in [5.41, 5.74) is 5.11. The van der Waals surface area contributed by atoms with Gasteiger partial charge >= 0.3 is 6.09 Å². The number of oxazole rings is 1. The van der Waals surface area contributed by atoms with Crippen LogP contribution in [0.15, 0.2) is 17.1 Å². The van der Waals surface area contributed by atoms with E-state index in [1.54, 1.807) is 0 Å². The Kier molecular flexibility index (Phi) is 2.22. The Balaban J connectivity index is 2.28. The van der Waals surface area contributed by atoms with Crippen molar-refractivity contribution in [2.45, 2.75) is 32.8 Å². The standard InChI is InChI=1S/C11H16N2O3/c1-10(2,3)7-4-11(7,16-9(12)14)8-5-15-6-13-8/h5-7H,4H2,1-3H3,(H2,12,14). The first-order valence-electron chi connectivity index (χ1n) is 5.23. The Morgan fingerprint density at radius 3 is 2.75 bits per heavy atom. The molecule has 0 saturated heterocycles. The lowest BCUT2D eigenvalue weighted by molar-refractivity contribution is 0.0592. The molecule has 1 aliphatic rings. The van der Waals surface area contributed by atoms with E-state index < -0.39 is 11.7 Å². The number of nitrogens with zero attached hydrogens (tertiary/aromatic N) is 1. The minimum Gasteiger partial charge on any atom is -0.451 e. The van der Waals surface area contributed by atoms with Crippen LogP contribution in [0.4, 0.5) is 4.79 Å². The van der Waals surface area contributed by atoms with Gasteiger partial charge in [0.2, 0.25) is 0 Å². The van der Waals surface area contributed by atoms with E-state index in [-0.39, 0.29) is 11.3 Å². The molecule has 5 nitrogen and oxygen atoms in total. The van der Waals surface area contributed by atoms with E-state index in [0.29, 0.717) is 5.69 Å². The van der Waals surface area contributed by atoms with Crippen molar-refractivity contribution in [2.75, 3.05) is 0 Å². The van der Waals surface area contributed by atoms with E-state index in [4.69, 9.17) is 14.9 Å². The summed E-state index contributed by atoms with van der Waals surface area (Å²) < 4.78 is 10.2. The highest BCUT2D eigenvalue weighted by Crippen LogP contribution is 2.62. The molecule has 0 spiro atoms. The van der Waals surface area contributed by atoms with Crippen molar-refractivity contribution >= 4 is 6.09 Å². The van der Waals surface area contributed by atoms with Gasteiger partial charge in [-0.15, -0.1) is 0 Å². The molecule has 16 heavy (non-hydrogen) atoms. The monoisotopic (exact) mass is 224 g/mol. The Morgan fingerprint density at radius 1 is 1.69 bits per heavy atom. The first-order chi connectivity index (χ1) is 7.36. The van der Waals surface area contributed by atoms with Crippen molar-refractivity contribution in [3.8, 4) is 0 Å². The largest absolute Gasteiger partial charge is 0.451 e. The molecular formula is C11H16N2O3. The number of ether oxygens (including phenoxy) is 1. The molecule has 2 rings (SSSR count). The van der Waals surface area contributed by atoms with E-state index >= 15 is 0 Å². The highest BCUT2D eigenvalue weighted by Gasteiger charge is 2.65. The maximum atomic E-state index is 11.0. The summed E-state index contributed by atoms with van der Waals surface area (Å²) in [4.78, 5) is 15.0. The normalized spacial score (nSPS) is 28.8. The lowest BCUT2D eigenvalue weighted by atomic mass is 9.87. The number of amides is 1. The molecule has 1 aliphatic carbocycles. The summed E-state index contributed by atoms with van der Waals surface area (Å²) >= 11 is 0. The third-order valence-corrected chi connectivity index (χ3v) is 3.10. The van der Waals surface area contributed by atoms with Gasteiger partial charge < -0.3 is 14.9 Å². The Labute approximate surface area is 94.0 Å². The lowest BCUT2D eigenvalue weighted by Gasteiger charge is -2.23. The summed E-state index contributed by atoms with van der Waals surface area (Å²) in [5.74, 6) is 0.220. The number of aromatic nitrogens is 1. The predicted molar refractivity (Wildman–Crippen MR) is 56.4 cm³/mol. The van der Waals surface area contributed by atoms with E-state index in [1.165, 1.54) is 12.7 Å². The van der Waals surface area contributed by atoms with Gasteiger partial charge in [0.25, 0.3) is 0 Å². The number of hydrogen-bond donors (Lipinski definition) is 1. The number of rotatable bonds is 2. The van der Waals surface area contributed by atoms with Gasteiger partial charge in [0.05, 0.1) is 0 Å². The van der Waals surface area contributed by atoms with E-state index in [9.17, 15) is 4.79 Å². The van der Waals surface area contributed by atoms with Crippen LogP contribution in [-0.2, 0) is 10.3 Å². The molecular weight excluding hydrogens is 208 g/mol. The van der Waals surface area contributed by atoms with E-state index in [1.807, 2.05) is 0 Å². The van der Waals surface area contributed by atoms with Crippen molar-refractivity contribution < 1.29 is 13.9 Å². The number of primary amides is 1. The molecule has 0 aliphatic heterocycles. The predicted octanol–water partition coefficient (Wildman–Crippen LogP) is 2.03. The number of carbonyl (C=O) groups is 1. The van der Waals surface area contributed by atoms with Crippen LogP contribution >= 0.6 is 0 Å². The van der Waals surface area contributed by atoms with Gasteiger partial charge in [-0.05, 0) is 5.41 Å². The van der Waals surface area contributed by atoms with Crippen LogP contribution in [0.3, 0.4) is 0 Å². The fourth-order valence-electron chi connectivity index (χ4n) is 2.30. The van der Waals surface area contributed by atoms with Gasteiger partial charge in [0.1, 0.15) is 12.0 Å². The fourth-order valence-corrected chi connectivity index (χ4v) is 2.30. The second-order valence-electron chi connectivity index (χ2n) is 5.31. The summed E-state index contributed by atoms with van der Waals surface area (Å²) in [7, 11) is 0.